The number of carbonyl (C=O) groups is 1. The Bertz CT molecular complexity index is 596. The molecule has 1 fully saturated rings. The van der Waals surface area contributed by atoms with Crippen LogP contribution in [0.4, 0.5) is 0 Å². The van der Waals surface area contributed by atoms with Crippen molar-refractivity contribution in [2.75, 3.05) is 0 Å². The van der Waals surface area contributed by atoms with Gasteiger partial charge in [0.05, 0.1) is 14.7 Å². The molecule has 112 valence electrons. The molecule has 1 saturated carbocycles. The van der Waals surface area contributed by atoms with E-state index >= 15 is 0 Å². The van der Waals surface area contributed by atoms with Gasteiger partial charge < -0.3 is 5.11 Å². The van der Waals surface area contributed by atoms with Gasteiger partial charge in [0.1, 0.15) is 4.21 Å². The monoisotopic (exact) mass is 401 g/mol. The van der Waals surface area contributed by atoms with Gasteiger partial charge in [-0.1, -0.05) is 24.4 Å². The zero-order valence-electron chi connectivity index (χ0n) is 10.3. The largest absolute Gasteiger partial charge is 0.481 e. The van der Waals surface area contributed by atoms with Gasteiger partial charge in [-0.3, -0.25) is 4.79 Å². The molecule has 1 aliphatic rings. The van der Waals surface area contributed by atoms with Crippen LogP contribution in [-0.2, 0) is 14.8 Å². The van der Waals surface area contributed by atoms with E-state index in [0.717, 1.165) is 24.2 Å². The molecule has 0 amide bonds. The first-order chi connectivity index (χ1) is 9.31. The van der Waals surface area contributed by atoms with Crippen molar-refractivity contribution in [3.05, 3.63) is 14.9 Å². The van der Waals surface area contributed by atoms with Crippen LogP contribution in [0.3, 0.4) is 0 Å². The maximum Gasteiger partial charge on any atom is 0.308 e. The Morgan fingerprint density at radius 1 is 1.45 bits per heavy atom. The van der Waals surface area contributed by atoms with Crippen molar-refractivity contribution in [3.8, 4) is 0 Å². The lowest BCUT2D eigenvalue weighted by Crippen LogP contribution is -2.44. The normalized spacial score (nSPS) is 23.7. The van der Waals surface area contributed by atoms with Crippen molar-refractivity contribution in [2.45, 2.75) is 35.9 Å². The number of aliphatic carboxylic acids is 1. The van der Waals surface area contributed by atoms with Crippen molar-refractivity contribution < 1.29 is 18.3 Å². The highest BCUT2D eigenvalue weighted by Crippen LogP contribution is 2.35. The quantitative estimate of drug-likeness (QED) is 0.810. The van der Waals surface area contributed by atoms with Crippen molar-refractivity contribution >= 4 is 54.9 Å². The number of sulfonamides is 1. The highest BCUT2D eigenvalue weighted by Gasteiger charge is 2.34. The molecule has 2 rings (SSSR count). The fraction of sp³-hybridized carbons (Fsp3) is 0.545. The van der Waals surface area contributed by atoms with Crippen LogP contribution < -0.4 is 4.72 Å². The number of rotatable bonds is 4. The minimum Gasteiger partial charge on any atom is -0.481 e. The Labute approximate surface area is 134 Å². The Kier molecular flexibility index (Phi) is 5.12. The molecular formula is C11H13BrClNO4S2. The summed E-state index contributed by atoms with van der Waals surface area (Å²) in [6, 6.07) is 0.794. The van der Waals surface area contributed by atoms with Gasteiger partial charge in [-0.25, -0.2) is 13.1 Å². The van der Waals surface area contributed by atoms with Gasteiger partial charge in [0, 0.05) is 6.04 Å². The lowest BCUT2D eigenvalue weighted by molar-refractivity contribution is -0.143. The Morgan fingerprint density at radius 3 is 2.65 bits per heavy atom. The predicted molar refractivity (Wildman–Crippen MR) is 80.7 cm³/mol. The lowest BCUT2D eigenvalue weighted by atomic mass is 9.85. The second kappa shape index (κ2) is 6.31. The average Bonchev–Trinajstić information content (AvgIpc) is 2.70. The molecule has 2 N–H and O–H groups in total. The molecule has 0 spiro atoms. The standard InChI is InChI=1S/C11H13BrClNO4S2/c12-10-7(13)5-9(19-10)20(17,18)14-8-4-2-1-3-6(8)11(15)16/h5-6,8,14H,1-4H2,(H,15,16). The summed E-state index contributed by atoms with van der Waals surface area (Å²) >= 11 is 10.0. The molecule has 5 nitrogen and oxygen atoms in total. The van der Waals surface area contributed by atoms with Crippen LogP contribution in [0.5, 0.6) is 0 Å². The number of hydrogen-bond donors (Lipinski definition) is 2. The van der Waals surface area contributed by atoms with Crippen LogP contribution in [0, 0.1) is 5.92 Å². The van der Waals surface area contributed by atoms with Crippen molar-refractivity contribution in [3.63, 3.8) is 0 Å². The lowest BCUT2D eigenvalue weighted by Gasteiger charge is -2.28. The Morgan fingerprint density at radius 2 is 2.10 bits per heavy atom. The summed E-state index contributed by atoms with van der Waals surface area (Å²) in [7, 11) is -3.74. The molecule has 0 bridgehead atoms. The first kappa shape index (κ1) is 16.2. The van der Waals surface area contributed by atoms with Crippen molar-refractivity contribution in [2.24, 2.45) is 5.92 Å². The second-order valence-electron chi connectivity index (χ2n) is 4.64. The number of thiophene rings is 1. The number of carboxylic acid groups (broad SMARTS) is 1. The molecule has 1 aromatic rings. The minimum atomic E-state index is -3.74. The van der Waals surface area contributed by atoms with Crippen LogP contribution in [-0.4, -0.2) is 25.5 Å². The van der Waals surface area contributed by atoms with Crippen LogP contribution in [0.2, 0.25) is 5.02 Å². The van der Waals surface area contributed by atoms with Crippen LogP contribution in [0.1, 0.15) is 25.7 Å². The number of hydrogen-bond acceptors (Lipinski definition) is 4. The first-order valence-corrected chi connectivity index (χ1v) is 9.48. The van der Waals surface area contributed by atoms with E-state index in [1.807, 2.05) is 0 Å². The molecule has 1 aliphatic carbocycles. The van der Waals surface area contributed by atoms with Gasteiger partial charge >= 0.3 is 5.97 Å². The van der Waals surface area contributed by atoms with Crippen LogP contribution in [0.15, 0.2) is 14.1 Å². The van der Waals surface area contributed by atoms with Gasteiger partial charge in [-0.15, -0.1) is 11.3 Å². The van der Waals surface area contributed by atoms with Gasteiger partial charge in [-0.05, 0) is 34.8 Å². The number of carboxylic acids is 1. The number of halogens is 2. The summed E-state index contributed by atoms with van der Waals surface area (Å²) in [5, 5.41) is 9.49. The molecule has 2 atom stereocenters. The summed E-state index contributed by atoms with van der Waals surface area (Å²) < 4.78 is 27.7. The number of nitrogens with one attached hydrogen (secondary N) is 1. The first-order valence-electron chi connectivity index (χ1n) is 6.01. The van der Waals surface area contributed by atoms with E-state index in [9.17, 15) is 13.2 Å². The highest BCUT2D eigenvalue weighted by atomic mass is 79.9. The third-order valence-electron chi connectivity index (χ3n) is 3.28. The third-order valence-corrected chi connectivity index (χ3v) is 7.72. The van der Waals surface area contributed by atoms with E-state index in [1.54, 1.807) is 0 Å². The molecule has 0 radical (unpaired) electrons. The Balaban J connectivity index is 2.20. The molecule has 1 aromatic heterocycles. The molecule has 9 heteroatoms. The molecular weight excluding hydrogens is 390 g/mol. The summed E-state index contributed by atoms with van der Waals surface area (Å²) in [5.74, 6) is -1.62. The molecule has 0 aromatic carbocycles. The van der Waals surface area contributed by atoms with E-state index in [4.69, 9.17) is 16.7 Å². The zero-order chi connectivity index (χ0) is 14.9. The summed E-state index contributed by atoms with van der Waals surface area (Å²) in [6.45, 7) is 0. The van der Waals surface area contributed by atoms with E-state index in [1.165, 1.54) is 6.07 Å². The fourth-order valence-corrected chi connectivity index (χ4v) is 6.01. The molecule has 2 unspecified atom stereocenters. The van der Waals surface area contributed by atoms with E-state index in [-0.39, 0.29) is 4.21 Å². The van der Waals surface area contributed by atoms with E-state index in [2.05, 4.69) is 20.7 Å². The van der Waals surface area contributed by atoms with Crippen molar-refractivity contribution in [1.29, 1.82) is 0 Å². The van der Waals surface area contributed by atoms with E-state index < -0.39 is 28.0 Å². The Hall–Kier alpha value is -0.150. The van der Waals surface area contributed by atoms with Gasteiger partial charge in [-0.2, -0.15) is 0 Å². The van der Waals surface area contributed by atoms with Crippen LogP contribution >= 0.6 is 38.9 Å². The van der Waals surface area contributed by atoms with Gasteiger partial charge in [0.25, 0.3) is 0 Å². The highest BCUT2D eigenvalue weighted by molar-refractivity contribution is 9.11. The maximum atomic E-state index is 12.3. The third kappa shape index (κ3) is 3.54. The summed E-state index contributed by atoms with van der Waals surface area (Å²) in [5.41, 5.74) is 0. The van der Waals surface area contributed by atoms with E-state index in [0.29, 0.717) is 21.7 Å². The summed E-state index contributed by atoms with van der Waals surface area (Å²) in [6.07, 6.45) is 2.67. The van der Waals surface area contributed by atoms with Gasteiger partial charge in [0.2, 0.25) is 10.0 Å². The molecule has 0 saturated heterocycles. The average molecular weight is 403 g/mol. The second-order valence-corrected chi connectivity index (χ2v) is 9.36. The summed E-state index contributed by atoms with van der Waals surface area (Å²) in [4.78, 5) is 11.2. The molecule has 1 heterocycles. The van der Waals surface area contributed by atoms with Gasteiger partial charge in [0.15, 0.2) is 0 Å². The molecule has 0 aliphatic heterocycles. The minimum absolute atomic E-state index is 0.0871. The molecule has 20 heavy (non-hydrogen) atoms. The van der Waals surface area contributed by atoms with Crippen LogP contribution in [0.25, 0.3) is 0 Å². The SMILES string of the molecule is O=C(O)C1CCCCC1NS(=O)(=O)c1cc(Cl)c(Br)s1. The topological polar surface area (TPSA) is 83.5 Å². The smallest absolute Gasteiger partial charge is 0.308 e. The predicted octanol–water partition coefficient (Wildman–Crippen LogP) is 3.09. The maximum absolute atomic E-state index is 12.3. The fourth-order valence-electron chi connectivity index (χ4n) is 2.28. The van der Waals surface area contributed by atoms with Crippen molar-refractivity contribution in [1.82, 2.24) is 4.72 Å². The zero-order valence-corrected chi connectivity index (χ0v) is 14.3.